The van der Waals surface area contributed by atoms with Crippen LogP contribution in [0.25, 0.3) is 0 Å². The first kappa shape index (κ1) is 8.91. The second-order valence-corrected chi connectivity index (χ2v) is 3.25. The standard InChI is InChI=1S/C8H15F2N/c1-11-7-4-2-3-6(5-7)8(9)10/h6-8,11H,2-5H2,1H3. The average molecular weight is 163 g/mol. The molecule has 0 saturated heterocycles. The summed E-state index contributed by atoms with van der Waals surface area (Å²) in [6, 6.07) is 0.322. The van der Waals surface area contributed by atoms with Crippen LogP contribution in [0.2, 0.25) is 0 Å². The van der Waals surface area contributed by atoms with E-state index < -0.39 is 6.43 Å². The molecule has 0 aromatic heterocycles. The van der Waals surface area contributed by atoms with Crippen LogP contribution in [-0.2, 0) is 0 Å². The van der Waals surface area contributed by atoms with Crippen LogP contribution < -0.4 is 5.32 Å². The first-order chi connectivity index (χ1) is 5.24. The van der Waals surface area contributed by atoms with Crippen molar-refractivity contribution in [2.24, 2.45) is 5.92 Å². The van der Waals surface area contributed by atoms with Gasteiger partial charge in [-0.15, -0.1) is 0 Å². The maximum atomic E-state index is 12.2. The fourth-order valence-electron chi connectivity index (χ4n) is 1.72. The predicted molar refractivity (Wildman–Crippen MR) is 40.8 cm³/mol. The van der Waals surface area contributed by atoms with Crippen molar-refractivity contribution in [2.75, 3.05) is 7.05 Å². The minimum atomic E-state index is -2.12. The lowest BCUT2D eigenvalue weighted by atomic mass is 9.86. The van der Waals surface area contributed by atoms with Crippen LogP contribution in [0.3, 0.4) is 0 Å². The van der Waals surface area contributed by atoms with Gasteiger partial charge in [-0.25, -0.2) is 8.78 Å². The Labute approximate surface area is 66.2 Å². The summed E-state index contributed by atoms with van der Waals surface area (Å²) in [5, 5.41) is 3.06. The summed E-state index contributed by atoms with van der Waals surface area (Å²) in [6.45, 7) is 0. The van der Waals surface area contributed by atoms with Crippen molar-refractivity contribution in [1.29, 1.82) is 0 Å². The lowest BCUT2D eigenvalue weighted by Gasteiger charge is -2.28. The third-order valence-corrected chi connectivity index (χ3v) is 2.48. The second kappa shape index (κ2) is 4.00. The fourth-order valence-corrected chi connectivity index (χ4v) is 1.72. The maximum Gasteiger partial charge on any atom is 0.241 e. The van der Waals surface area contributed by atoms with Crippen molar-refractivity contribution in [3.8, 4) is 0 Å². The highest BCUT2D eigenvalue weighted by Gasteiger charge is 2.27. The Morgan fingerprint density at radius 3 is 2.64 bits per heavy atom. The highest BCUT2D eigenvalue weighted by Crippen LogP contribution is 2.28. The van der Waals surface area contributed by atoms with Crippen molar-refractivity contribution in [2.45, 2.75) is 38.2 Å². The van der Waals surface area contributed by atoms with Gasteiger partial charge in [0.2, 0.25) is 6.43 Å². The van der Waals surface area contributed by atoms with E-state index in [1.807, 2.05) is 7.05 Å². The Balaban J connectivity index is 2.33. The zero-order valence-electron chi connectivity index (χ0n) is 6.82. The summed E-state index contributed by atoms with van der Waals surface area (Å²) < 4.78 is 24.4. The van der Waals surface area contributed by atoms with Crippen molar-refractivity contribution in [3.05, 3.63) is 0 Å². The van der Waals surface area contributed by atoms with Crippen molar-refractivity contribution in [3.63, 3.8) is 0 Å². The number of hydrogen-bond donors (Lipinski definition) is 1. The van der Waals surface area contributed by atoms with Crippen LogP contribution in [0.15, 0.2) is 0 Å². The predicted octanol–water partition coefficient (Wildman–Crippen LogP) is 2.03. The molecule has 0 heterocycles. The molecule has 1 aliphatic rings. The molecule has 11 heavy (non-hydrogen) atoms. The molecule has 1 N–H and O–H groups in total. The van der Waals surface area contributed by atoms with Crippen LogP contribution >= 0.6 is 0 Å². The highest BCUT2D eigenvalue weighted by molar-refractivity contribution is 4.77. The number of nitrogens with one attached hydrogen (secondary N) is 1. The van der Waals surface area contributed by atoms with E-state index in [0.29, 0.717) is 18.9 Å². The normalized spacial score (nSPS) is 32.7. The van der Waals surface area contributed by atoms with Gasteiger partial charge >= 0.3 is 0 Å². The van der Waals surface area contributed by atoms with E-state index in [9.17, 15) is 8.78 Å². The van der Waals surface area contributed by atoms with E-state index in [0.717, 1.165) is 12.8 Å². The lowest BCUT2D eigenvalue weighted by molar-refractivity contribution is 0.0487. The second-order valence-electron chi connectivity index (χ2n) is 3.25. The van der Waals surface area contributed by atoms with Crippen molar-refractivity contribution in [1.82, 2.24) is 5.32 Å². The Morgan fingerprint density at radius 1 is 1.36 bits per heavy atom. The van der Waals surface area contributed by atoms with Crippen LogP contribution in [0.5, 0.6) is 0 Å². The Hall–Kier alpha value is -0.180. The highest BCUT2D eigenvalue weighted by atomic mass is 19.3. The molecule has 1 saturated carbocycles. The van der Waals surface area contributed by atoms with Crippen LogP contribution in [0.4, 0.5) is 8.78 Å². The van der Waals surface area contributed by atoms with Gasteiger partial charge in [0, 0.05) is 12.0 Å². The summed E-state index contributed by atoms with van der Waals surface area (Å²) in [4.78, 5) is 0. The van der Waals surface area contributed by atoms with E-state index in [1.54, 1.807) is 0 Å². The van der Waals surface area contributed by atoms with Gasteiger partial charge < -0.3 is 5.32 Å². The van der Waals surface area contributed by atoms with E-state index in [2.05, 4.69) is 5.32 Å². The summed E-state index contributed by atoms with van der Waals surface area (Å²) in [5.74, 6) is -0.360. The molecule has 0 spiro atoms. The van der Waals surface area contributed by atoms with Crippen molar-refractivity contribution < 1.29 is 8.78 Å². The first-order valence-electron chi connectivity index (χ1n) is 4.19. The number of rotatable bonds is 2. The van der Waals surface area contributed by atoms with E-state index in [4.69, 9.17) is 0 Å². The molecule has 1 fully saturated rings. The van der Waals surface area contributed by atoms with Gasteiger partial charge in [-0.3, -0.25) is 0 Å². The van der Waals surface area contributed by atoms with Crippen molar-refractivity contribution >= 4 is 0 Å². The summed E-state index contributed by atoms with van der Waals surface area (Å²) in [7, 11) is 1.85. The van der Waals surface area contributed by atoms with Gasteiger partial charge in [0.15, 0.2) is 0 Å². The fraction of sp³-hybridized carbons (Fsp3) is 1.00. The third kappa shape index (κ3) is 2.40. The molecule has 0 radical (unpaired) electrons. The molecular formula is C8H15F2N. The summed E-state index contributed by atoms with van der Waals surface area (Å²) in [5.41, 5.74) is 0. The quantitative estimate of drug-likeness (QED) is 0.656. The molecule has 1 rings (SSSR count). The molecular weight excluding hydrogens is 148 g/mol. The third-order valence-electron chi connectivity index (χ3n) is 2.48. The maximum absolute atomic E-state index is 12.2. The molecule has 2 atom stereocenters. The van der Waals surface area contributed by atoms with E-state index in [-0.39, 0.29) is 5.92 Å². The van der Waals surface area contributed by atoms with Gasteiger partial charge in [-0.1, -0.05) is 6.42 Å². The van der Waals surface area contributed by atoms with Gasteiger partial charge in [0.1, 0.15) is 0 Å². The van der Waals surface area contributed by atoms with Gasteiger partial charge in [0.25, 0.3) is 0 Å². The molecule has 0 aromatic carbocycles. The number of alkyl halides is 2. The van der Waals surface area contributed by atoms with Gasteiger partial charge in [-0.2, -0.15) is 0 Å². The topological polar surface area (TPSA) is 12.0 Å². The van der Waals surface area contributed by atoms with Crippen LogP contribution in [-0.4, -0.2) is 19.5 Å². The molecule has 0 aromatic rings. The largest absolute Gasteiger partial charge is 0.317 e. The smallest absolute Gasteiger partial charge is 0.241 e. The molecule has 0 bridgehead atoms. The Kier molecular flexibility index (Phi) is 3.24. The molecule has 1 aliphatic carbocycles. The van der Waals surface area contributed by atoms with Crippen LogP contribution in [0.1, 0.15) is 25.7 Å². The number of hydrogen-bond acceptors (Lipinski definition) is 1. The van der Waals surface area contributed by atoms with E-state index >= 15 is 0 Å². The van der Waals surface area contributed by atoms with E-state index in [1.165, 1.54) is 0 Å². The molecule has 0 aliphatic heterocycles. The van der Waals surface area contributed by atoms with Gasteiger partial charge in [-0.05, 0) is 26.3 Å². The number of halogens is 2. The monoisotopic (exact) mass is 163 g/mol. The molecule has 2 unspecified atom stereocenters. The zero-order chi connectivity index (χ0) is 8.27. The van der Waals surface area contributed by atoms with Gasteiger partial charge in [0.05, 0.1) is 0 Å². The minimum Gasteiger partial charge on any atom is -0.317 e. The minimum absolute atomic E-state index is 0.322. The molecule has 3 heteroatoms. The lowest BCUT2D eigenvalue weighted by Crippen LogP contribution is -2.33. The average Bonchev–Trinajstić information content (AvgIpc) is 2.05. The SMILES string of the molecule is CNC1CCCC(C(F)F)C1. The summed E-state index contributed by atoms with van der Waals surface area (Å²) >= 11 is 0. The summed E-state index contributed by atoms with van der Waals surface area (Å²) in [6.07, 6.45) is 1.23. The molecule has 1 nitrogen and oxygen atoms in total. The zero-order valence-corrected chi connectivity index (χ0v) is 6.82. The van der Waals surface area contributed by atoms with Crippen LogP contribution in [0, 0.1) is 5.92 Å². The molecule has 66 valence electrons. The Bertz CT molecular complexity index is 117. The Morgan fingerprint density at radius 2 is 2.09 bits per heavy atom. The first-order valence-corrected chi connectivity index (χ1v) is 4.19. The molecule has 0 amide bonds.